The van der Waals surface area contributed by atoms with Gasteiger partial charge in [-0.25, -0.2) is 8.42 Å². The maximum absolute atomic E-state index is 12.9. The minimum absolute atomic E-state index is 0.172. The molecule has 1 atom stereocenters. The molecule has 0 radical (unpaired) electrons. The van der Waals surface area contributed by atoms with Gasteiger partial charge in [0.15, 0.2) is 0 Å². The van der Waals surface area contributed by atoms with Gasteiger partial charge in [0.25, 0.3) is 5.91 Å². The van der Waals surface area contributed by atoms with Crippen molar-refractivity contribution >= 4 is 15.9 Å². The number of carbonyl (C=O) groups excluding carboxylic acids is 1. The van der Waals surface area contributed by atoms with Crippen LogP contribution in [0, 0.1) is 6.92 Å². The van der Waals surface area contributed by atoms with E-state index in [1.165, 1.54) is 15.3 Å². The minimum Gasteiger partial charge on any atom is -0.467 e. The molecule has 0 bridgehead atoms. The predicted molar refractivity (Wildman–Crippen MR) is 101 cm³/mol. The molecule has 0 saturated carbocycles. The second-order valence-electron chi connectivity index (χ2n) is 6.18. The van der Waals surface area contributed by atoms with Crippen molar-refractivity contribution < 1.29 is 17.6 Å². The zero-order valence-electron chi connectivity index (χ0n) is 15.9. The van der Waals surface area contributed by atoms with Crippen molar-refractivity contribution in [2.24, 2.45) is 0 Å². The fraction of sp³-hybridized carbons (Fsp3) is 0.421. The Balaban J connectivity index is 2.38. The second-order valence-corrected chi connectivity index (χ2v) is 8.08. The van der Waals surface area contributed by atoms with Crippen molar-refractivity contribution in [2.45, 2.75) is 38.6 Å². The maximum Gasteiger partial charge on any atom is 0.254 e. The average Bonchev–Trinajstić information content (AvgIpc) is 3.15. The van der Waals surface area contributed by atoms with Crippen molar-refractivity contribution in [3.05, 3.63) is 53.5 Å². The number of nitrogens with zero attached hydrogens (tertiary/aromatic N) is 2. The van der Waals surface area contributed by atoms with E-state index < -0.39 is 10.0 Å². The quantitative estimate of drug-likeness (QED) is 0.740. The third-order valence-corrected chi connectivity index (χ3v) is 6.81. The number of furan rings is 1. The number of hydrogen-bond acceptors (Lipinski definition) is 4. The molecule has 7 heteroatoms. The Morgan fingerprint density at radius 2 is 1.85 bits per heavy atom. The maximum atomic E-state index is 12.9. The molecule has 26 heavy (non-hydrogen) atoms. The molecule has 1 amide bonds. The fourth-order valence-corrected chi connectivity index (χ4v) is 4.52. The molecule has 6 nitrogen and oxygen atoms in total. The number of sulfonamides is 1. The summed E-state index contributed by atoms with van der Waals surface area (Å²) >= 11 is 0. The van der Waals surface area contributed by atoms with Gasteiger partial charge < -0.3 is 9.32 Å². The second kappa shape index (κ2) is 8.05. The van der Waals surface area contributed by atoms with Gasteiger partial charge in [-0.3, -0.25) is 4.79 Å². The van der Waals surface area contributed by atoms with Crippen LogP contribution >= 0.6 is 0 Å². The van der Waals surface area contributed by atoms with E-state index in [0.29, 0.717) is 30.0 Å². The number of benzene rings is 1. The van der Waals surface area contributed by atoms with Crippen molar-refractivity contribution in [3.63, 3.8) is 0 Å². The summed E-state index contributed by atoms with van der Waals surface area (Å²) in [5.41, 5.74) is 0.956. The minimum atomic E-state index is -3.63. The van der Waals surface area contributed by atoms with Crippen molar-refractivity contribution in [2.75, 3.05) is 20.1 Å². The van der Waals surface area contributed by atoms with Gasteiger partial charge >= 0.3 is 0 Å². The van der Waals surface area contributed by atoms with E-state index in [2.05, 4.69) is 0 Å². The van der Waals surface area contributed by atoms with Crippen LogP contribution in [-0.2, 0) is 10.0 Å². The van der Waals surface area contributed by atoms with Crippen molar-refractivity contribution in [1.29, 1.82) is 0 Å². The number of aryl methyl sites for hydroxylation is 1. The summed E-state index contributed by atoms with van der Waals surface area (Å²) in [6.45, 7) is 7.95. The summed E-state index contributed by atoms with van der Waals surface area (Å²) < 4.78 is 32.5. The van der Waals surface area contributed by atoms with Gasteiger partial charge in [-0.2, -0.15) is 4.31 Å². The molecule has 1 aromatic heterocycles. The molecule has 0 fully saturated rings. The lowest BCUT2D eigenvalue weighted by molar-refractivity contribution is 0.0726. The van der Waals surface area contributed by atoms with Gasteiger partial charge in [-0.15, -0.1) is 0 Å². The van der Waals surface area contributed by atoms with E-state index >= 15 is 0 Å². The number of carbonyl (C=O) groups is 1. The molecule has 0 saturated heterocycles. The van der Waals surface area contributed by atoms with Crippen LogP contribution in [0.5, 0.6) is 0 Å². The average molecular weight is 378 g/mol. The number of hydrogen-bond donors (Lipinski definition) is 0. The highest BCUT2D eigenvalue weighted by molar-refractivity contribution is 7.89. The lowest BCUT2D eigenvalue weighted by Gasteiger charge is -2.24. The monoisotopic (exact) mass is 378 g/mol. The standard InChI is InChI=1S/C19H26N2O4S/c1-6-21(7-2)26(23,24)18-13-16(11-10-14(18)3)19(22)20(5)15(4)17-9-8-12-25-17/h8-13,15H,6-7H2,1-5H3. The highest BCUT2D eigenvalue weighted by Crippen LogP contribution is 2.25. The van der Waals surface area contributed by atoms with Gasteiger partial charge in [-0.1, -0.05) is 19.9 Å². The molecule has 1 heterocycles. The number of rotatable bonds is 7. The molecule has 0 aliphatic rings. The third-order valence-electron chi connectivity index (χ3n) is 4.61. The van der Waals surface area contributed by atoms with Gasteiger partial charge in [0, 0.05) is 25.7 Å². The summed E-state index contributed by atoms with van der Waals surface area (Å²) in [5, 5.41) is 0. The van der Waals surface area contributed by atoms with Crippen LogP contribution in [0.25, 0.3) is 0 Å². The highest BCUT2D eigenvalue weighted by Gasteiger charge is 2.26. The van der Waals surface area contributed by atoms with Crippen molar-refractivity contribution in [1.82, 2.24) is 9.21 Å². The molecule has 2 rings (SSSR count). The first-order valence-corrected chi connectivity index (χ1v) is 10.1. The Labute approximate surface area is 155 Å². The van der Waals surface area contributed by atoms with Gasteiger partial charge in [0.1, 0.15) is 5.76 Å². The lowest BCUT2D eigenvalue weighted by atomic mass is 10.1. The topological polar surface area (TPSA) is 70.8 Å². The Hall–Kier alpha value is -2.12. The van der Waals surface area contributed by atoms with E-state index in [-0.39, 0.29) is 16.8 Å². The molecular weight excluding hydrogens is 352 g/mol. The van der Waals surface area contributed by atoms with Crippen molar-refractivity contribution in [3.8, 4) is 0 Å². The smallest absolute Gasteiger partial charge is 0.254 e. The molecule has 0 spiro atoms. The SMILES string of the molecule is CCN(CC)S(=O)(=O)c1cc(C(=O)N(C)C(C)c2ccco2)ccc1C. The third kappa shape index (κ3) is 3.83. The molecule has 0 aliphatic carbocycles. The molecule has 142 valence electrons. The van der Waals surface area contributed by atoms with Crippen LogP contribution in [0.4, 0.5) is 0 Å². The predicted octanol–water partition coefficient (Wildman–Crippen LogP) is 3.45. The Bertz CT molecular complexity index is 856. The number of amides is 1. The van der Waals surface area contributed by atoms with Crippen LogP contribution in [0.3, 0.4) is 0 Å². The summed E-state index contributed by atoms with van der Waals surface area (Å²) in [6, 6.07) is 8.11. The summed E-state index contributed by atoms with van der Waals surface area (Å²) in [5.74, 6) is 0.411. The zero-order valence-corrected chi connectivity index (χ0v) is 16.7. The van der Waals surface area contributed by atoms with Crippen LogP contribution in [0.1, 0.15) is 48.5 Å². The molecular formula is C19H26N2O4S. The molecule has 0 N–H and O–H groups in total. The van der Waals surface area contributed by atoms with E-state index in [4.69, 9.17) is 4.42 Å². The Morgan fingerprint density at radius 3 is 2.38 bits per heavy atom. The highest BCUT2D eigenvalue weighted by atomic mass is 32.2. The van der Waals surface area contributed by atoms with Crippen LogP contribution in [0.2, 0.25) is 0 Å². The van der Waals surface area contributed by atoms with Crippen LogP contribution < -0.4 is 0 Å². The molecule has 1 aromatic carbocycles. The first-order valence-electron chi connectivity index (χ1n) is 8.65. The summed E-state index contributed by atoms with van der Waals surface area (Å²) in [6.07, 6.45) is 1.56. The largest absolute Gasteiger partial charge is 0.467 e. The molecule has 1 unspecified atom stereocenters. The van der Waals surface area contributed by atoms with Crippen LogP contribution in [-0.4, -0.2) is 43.7 Å². The van der Waals surface area contributed by atoms with E-state index in [9.17, 15) is 13.2 Å². The lowest BCUT2D eigenvalue weighted by Crippen LogP contribution is -2.32. The summed E-state index contributed by atoms with van der Waals surface area (Å²) in [7, 11) is -1.96. The van der Waals surface area contributed by atoms with E-state index in [1.54, 1.807) is 58.3 Å². The van der Waals surface area contributed by atoms with Gasteiger partial charge in [-0.05, 0) is 43.7 Å². The Kier molecular flexibility index (Phi) is 6.26. The fourth-order valence-electron chi connectivity index (χ4n) is 2.81. The normalized spacial score (nSPS) is 13.0. The Morgan fingerprint density at radius 1 is 1.19 bits per heavy atom. The van der Waals surface area contributed by atoms with E-state index in [0.717, 1.165) is 0 Å². The van der Waals surface area contributed by atoms with E-state index in [1.807, 2.05) is 6.92 Å². The molecule has 2 aromatic rings. The first-order chi connectivity index (χ1) is 12.2. The first kappa shape index (κ1) is 20.2. The summed E-state index contributed by atoms with van der Waals surface area (Å²) in [4.78, 5) is 14.6. The van der Waals surface area contributed by atoms with Gasteiger partial charge in [0.05, 0.1) is 17.2 Å². The van der Waals surface area contributed by atoms with Crippen LogP contribution in [0.15, 0.2) is 45.9 Å². The van der Waals surface area contributed by atoms with Gasteiger partial charge in [0.2, 0.25) is 10.0 Å². The zero-order chi connectivity index (χ0) is 19.5. The molecule has 0 aliphatic heterocycles.